The van der Waals surface area contributed by atoms with E-state index in [1.807, 2.05) is 18.2 Å². The Morgan fingerprint density at radius 3 is 2.52 bits per heavy atom. The van der Waals surface area contributed by atoms with Crippen LogP contribution in [0.4, 0.5) is 10.1 Å². The van der Waals surface area contributed by atoms with E-state index in [9.17, 15) is 17.6 Å². The Morgan fingerprint density at radius 2 is 1.85 bits per heavy atom. The van der Waals surface area contributed by atoms with Crippen molar-refractivity contribution in [3.63, 3.8) is 0 Å². The lowest BCUT2D eigenvalue weighted by atomic mass is 9.87. The Kier molecular flexibility index (Phi) is 5.51. The molecule has 144 valence electrons. The highest BCUT2D eigenvalue weighted by Gasteiger charge is 2.31. The molecule has 0 bridgehead atoms. The van der Waals surface area contributed by atoms with Crippen molar-refractivity contribution in [1.29, 1.82) is 0 Å². The van der Waals surface area contributed by atoms with E-state index in [-0.39, 0.29) is 17.6 Å². The molecule has 2 aromatic carbocycles. The van der Waals surface area contributed by atoms with Crippen LogP contribution in [0.3, 0.4) is 0 Å². The first-order valence-electron chi connectivity index (χ1n) is 8.90. The lowest BCUT2D eigenvalue weighted by molar-refractivity contribution is -0.122. The first kappa shape index (κ1) is 19.4. The first-order chi connectivity index (χ1) is 12.8. The van der Waals surface area contributed by atoms with Crippen LogP contribution in [0, 0.1) is 5.82 Å². The van der Waals surface area contributed by atoms with E-state index in [1.165, 1.54) is 36.8 Å². The molecule has 3 rings (SSSR count). The van der Waals surface area contributed by atoms with Gasteiger partial charge in [-0.2, -0.15) is 0 Å². The quantitative estimate of drug-likeness (QED) is 0.853. The van der Waals surface area contributed by atoms with Gasteiger partial charge in [0.25, 0.3) is 0 Å². The van der Waals surface area contributed by atoms with Gasteiger partial charge in [0.2, 0.25) is 15.9 Å². The fourth-order valence-corrected chi connectivity index (χ4v) is 4.77. The van der Waals surface area contributed by atoms with Gasteiger partial charge in [0.1, 0.15) is 11.9 Å². The van der Waals surface area contributed by atoms with Crippen molar-refractivity contribution in [2.24, 2.45) is 0 Å². The number of nitrogens with zero attached hydrogens (tertiary/aromatic N) is 1. The second kappa shape index (κ2) is 7.68. The summed E-state index contributed by atoms with van der Waals surface area (Å²) in [6, 6.07) is 11.9. The first-order valence-corrected chi connectivity index (χ1v) is 10.8. The zero-order valence-electron chi connectivity index (χ0n) is 15.4. The average Bonchev–Trinajstić information content (AvgIpc) is 2.62. The fraction of sp³-hybridized carbons (Fsp3) is 0.350. The van der Waals surface area contributed by atoms with E-state index in [1.54, 1.807) is 0 Å². The molecule has 5 nitrogen and oxygen atoms in total. The summed E-state index contributed by atoms with van der Waals surface area (Å²) in [7, 11) is -3.73. The molecule has 0 saturated heterocycles. The van der Waals surface area contributed by atoms with Crippen molar-refractivity contribution in [3.05, 3.63) is 65.5 Å². The predicted molar refractivity (Wildman–Crippen MR) is 103 cm³/mol. The third-order valence-electron chi connectivity index (χ3n) is 4.86. The molecule has 7 heteroatoms. The minimum absolute atomic E-state index is 0.139. The molecule has 0 unspecified atom stereocenters. The average molecular weight is 390 g/mol. The maximum absolute atomic E-state index is 13.2. The Labute approximate surface area is 159 Å². The van der Waals surface area contributed by atoms with E-state index in [4.69, 9.17) is 0 Å². The van der Waals surface area contributed by atoms with E-state index in [0.717, 1.165) is 35.4 Å². The van der Waals surface area contributed by atoms with Crippen LogP contribution >= 0.6 is 0 Å². The van der Waals surface area contributed by atoms with Gasteiger partial charge in [0, 0.05) is 0 Å². The number of aryl methyl sites for hydroxylation is 1. The number of fused-ring (bicyclic) bond motifs is 1. The monoisotopic (exact) mass is 390 g/mol. The topological polar surface area (TPSA) is 66.5 Å². The van der Waals surface area contributed by atoms with Gasteiger partial charge in [-0.05, 0) is 61.6 Å². The number of hydrogen-bond donors (Lipinski definition) is 1. The Morgan fingerprint density at radius 1 is 1.19 bits per heavy atom. The third kappa shape index (κ3) is 4.30. The van der Waals surface area contributed by atoms with Crippen LogP contribution in [0.5, 0.6) is 0 Å². The van der Waals surface area contributed by atoms with Crippen molar-refractivity contribution in [2.75, 3.05) is 10.6 Å². The summed E-state index contributed by atoms with van der Waals surface area (Å²) in [6.07, 6.45) is 3.79. The zero-order chi connectivity index (χ0) is 19.6. The number of rotatable bonds is 5. The maximum Gasteiger partial charge on any atom is 0.244 e. The number of carbonyl (C=O) groups is 1. The Balaban J connectivity index is 1.84. The molecule has 0 spiro atoms. The largest absolute Gasteiger partial charge is 0.347 e. The highest BCUT2D eigenvalue weighted by Crippen LogP contribution is 2.30. The lowest BCUT2D eigenvalue weighted by Gasteiger charge is -2.31. The van der Waals surface area contributed by atoms with Gasteiger partial charge in [0.05, 0.1) is 18.0 Å². The van der Waals surface area contributed by atoms with Crippen LogP contribution in [0.15, 0.2) is 48.5 Å². The molecule has 0 heterocycles. The summed E-state index contributed by atoms with van der Waals surface area (Å²) >= 11 is 0. The van der Waals surface area contributed by atoms with Crippen LogP contribution in [0.25, 0.3) is 0 Å². The Hall–Kier alpha value is -2.41. The molecule has 0 aromatic heterocycles. The molecule has 1 amide bonds. The minimum atomic E-state index is -3.73. The van der Waals surface area contributed by atoms with E-state index >= 15 is 0 Å². The second-order valence-corrected chi connectivity index (χ2v) is 8.72. The van der Waals surface area contributed by atoms with Gasteiger partial charge < -0.3 is 5.32 Å². The molecular formula is C20H23FN2O3S. The highest BCUT2D eigenvalue weighted by atomic mass is 32.2. The van der Waals surface area contributed by atoms with Gasteiger partial charge in [-0.15, -0.1) is 0 Å². The molecule has 2 atom stereocenters. The minimum Gasteiger partial charge on any atom is -0.347 e. The fourth-order valence-electron chi connectivity index (χ4n) is 3.59. The summed E-state index contributed by atoms with van der Waals surface area (Å²) in [4.78, 5) is 12.9. The van der Waals surface area contributed by atoms with Crippen LogP contribution in [0.2, 0.25) is 0 Å². The molecule has 1 N–H and O–H groups in total. The van der Waals surface area contributed by atoms with E-state index in [2.05, 4.69) is 11.4 Å². The summed E-state index contributed by atoms with van der Waals surface area (Å²) in [5.74, 6) is -0.852. The zero-order valence-corrected chi connectivity index (χ0v) is 16.2. The number of benzene rings is 2. The highest BCUT2D eigenvalue weighted by molar-refractivity contribution is 7.92. The molecule has 27 heavy (non-hydrogen) atoms. The number of halogens is 1. The Bertz CT molecular complexity index is 928. The number of hydrogen-bond acceptors (Lipinski definition) is 3. The number of amides is 1. The van der Waals surface area contributed by atoms with Gasteiger partial charge in [-0.25, -0.2) is 12.8 Å². The van der Waals surface area contributed by atoms with Crippen LogP contribution in [0.1, 0.15) is 36.9 Å². The van der Waals surface area contributed by atoms with Gasteiger partial charge >= 0.3 is 0 Å². The SMILES string of the molecule is C[C@@H](C(=O)N[C@@H]1CCCc2ccccc21)N(c1ccc(F)cc1)S(C)(=O)=O. The smallest absolute Gasteiger partial charge is 0.244 e. The molecular weight excluding hydrogens is 367 g/mol. The molecule has 0 fully saturated rings. The molecule has 2 aromatic rings. The van der Waals surface area contributed by atoms with Crippen LogP contribution in [-0.2, 0) is 21.2 Å². The van der Waals surface area contributed by atoms with E-state index < -0.39 is 21.9 Å². The molecule has 1 aliphatic carbocycles. The number of anilines is 1. The number of carbonyl (C=O) groups excluding carboxylic acids is 1. The van der Waals surface area contributed by atoms with Crippen molar-refractivity contribution >= 4 is 21.6 Å². The van der Waals surface area contributed by atoms with Gasteiger partial charge in [-0.1, -0.05) is 24.3 Å². The maximum atomic E-state index is 13.2. The predicted octanol–water partition coefficient (Wildman–Crippen LogP) is 3.17. The van der Waals surface area contributed by atoms with Crippen molar-refractivity contribution in [3.8, 4) is 0 Å². The summed E-state index contributed by atoms with van der Waals surface area (Å²) in [5, 5.41) is 2.99. The molecule has 0 aliphatic heterocycles. The van der Waals surface area contributed by atoms with Crippen LogP contribution < -0.4 is 9.62 Å². The summed E-state index contributed by atoms with van der Waals surface area (Å²) < 4.78 is 38.8. The van der Waals surface area contributed by atoms with Crippen LogP contribution in [-0.4, -0.2) is 26.6 Å². The molecule has 0 saturated carbocycles. The number of nitrogens with one attached hydrogen (secondary N) is 1. The van der Waals surface area contributed by atoms with Crippen molar-refractivity contribution in [1.82, 2.24) is 5.32 Å². The van der Waals surface area contributed by atoms with Crippen molar-refractivity contribution < 1.29 is 17.6 Å². The van der Waals surface area contributed by atoms with Gasteiger partial charge in [0.15, 0.2) is 0 Å². The van der Waals surface area contributed by atoms with Gasteiger partial charge in [-0.3, -0.25) is 9.10 Å². The summed E-state index contributed by atoms with van der Waals surface area (Å²) in [6.45, 7) is 1.54. The van der Waals surface area contributed by atoms with E-state index in [0.29, 0.717) is 0 Å². The standard InChI is InChI=1S/C20H23FN2O3S/c1-14(23(27(2,25)26)17-12-10-16(21)11-13-17)20(24)22-19-9-5-7-15-6-3-4-8-18(15)19/h3-4,6,8,10-14,19H,5,7,9H2,1-2H3,(H,22,24)/t14-,19+/m0/s1. The molecule has 0 radical (unpaired) electrons. The number of sulfonamides is 1. The molecule has 1 aliphatic rings. The normalized spacial score (nSPS) is 17.7. The second-order valence-electron chi connectivity index (χ2n) is 6.86. The third-order valence-corrected chi connectivity index (χ3v) is 6.10. The summed E-state index contributed by atoms with van der Waals surface area (Å²) in [5.41, 5.74) is 2.54. The van der Waals surface area contributed by atoms with Crippen molar-refractivity contribution in [2.45, 2.75) is 38.3 Å². The lowest BCUT2D eigenvalue weighted by Crippen LogP contribution is -2.49.